The van der Waals surface area contributed by atoms with Gasteiger partial charge in [0, 0.05) is 0 Å². The maximum absolute atomic E-state index is 4.92. The van der Waals surface area contributed by atoms with Crippen LogP contribution in [0.1, 0.15) is 25.0 Å². The lowest BCUT2D eigenvalue weighted by molar-refractivity contribution is 0.270. The Hall–Kier alpha value is -1.02. The molecule has 0 aliphatic rings. The highest BCUT2D eigenvalue weighted by molar-refractivity contribution is 5.53. The fourth-order valence-electron chi connectivity index (χ4n) is 1.59. The van der Waals surface area contributed by atoms with E-state index >= 15 is 0 Å². The van der Waals surface area contributed by atoms with E-state index in [1.807, 2.05) is 6.07 Å². The summed E-state index contributed by atoms with van der Waals surface area (Å²) in [6, 6.07) is 6.26. The van der Waals surface area contributed by atoms with Crippen molar-refractivity contribution < 1.29 is 4.84 Å². The summed E-state index contributed by atoms with van der Waals surface area (Å²) in [6.45, 7) is 4.33. The zero-order valence-electron chi connectivity index (χ0n) is 8.55. The summed E-state index contributed by atoms with van der Waals surface area (Å²) in [6.07, 6.45) is 2.11. The molecule has 0 saturated heterocycles. The number of aryl methyl sites for hydroxylation is 1. The summed E-state index contributed by atoms with van der Waals surface area (Å²) in [5, 5.41) is 0. The van der Waals surface area contributed by atoms with E-state index in [1.165, 1.54) is 11.1 Å². The summed E-state index contributed by atoms with van der Waals surface area (Å²) in [7, 11) is 1.64. The molecule has 0 bridgehead atoms. The van der Waals surface area contributed by atoms with Gasteiger partial charge in [0.1, 0.15) is 0 Å². The van der Waals surface area contributed by atoms with Crippen LogP contribution in [0.3, 0.4) is 0 Å². The van der Waals surface area contributed by atoms with Crippen LogP contribution in [0.5, 0.6) is 0 Å². The number of hydrogen-bond donors (Lipinski definition) is 1. The van der Waals surface area contributed by atoms with E-state index in [1.54, 1.807) is 7.11 Å². The van der Waals surface area contributed by atoms with Crippen molar-refractivity contribution >= 4 is 5.69 Å². The van der Waals surface area contributed by atoms with Crippen molar-refractivity contribution in [2.24, 2.45) is 0 Å². The molecule has 0 aliphatic heterocycles. The van der Waals surface area contributed by atoms with E-state index in [0.29, 0.717) is 0 Å². The maximum atomic E-state index is 4.92. The summed E-state index contributed by atoms with van der Waals surface area (Å²) < 4.78 is 0. The Morgan fingerprint density at radius 1 is 1.23 bits per heavy atom. The Labute approximate surface area is 79.9 Å². The molecule has 1 aromatic carbocycles. The topological polar surface area (TPSA) is 21.3 Å². The van der Waals surface area contributed by atoms with Crippen LogP contribution in [0.4, 0.5) is 5.69 Å². The van der Waals surface area contributed by atoms with Gasteiger partial charge in [0.15, 0.2) is 0 Å². The summed E-state index contributed by atoms with van der Waals surface area (Å²) in [5.41, 5.74) is 6.74. The molecule has 0 fully saturated rings. The lowest BCUT2D eigenvalue weighted by Crippen LogP contribution is -2.02. The zero-order chi connectivity index (χ0) is 9.68. The third-order valence-electron chi connectivity index (χ3n) is 2.22. The largest absolute Gasteiger partial charge is 0.279 e. The third-order valence-corrected chi connectivity index (χ3v) is 2.22. The first-order valence-electron chi connectivity index (χ1n) is 4.73. The molecular formula is C11H17NO. The molecule has 0 saturated carbocycles. The molecule has 1 aromatic rings. The van der Waals surface area contributed by atoms with E-state index < -0.39 is 0 Å². The average Bonchev–Trinajstić information content (AvgIpc) is 2.18. The minimum Gasteiger partial charge on any atom is -0.279 e. The van der Waals surface area contributed by atoms with Gasteiger partial charge < -0.3 is 0 Å². The van der Waals surface area contributed by atoms with Crippen LogP contribution in [-0.4, -0.2) is 7.11 Å². The van der Waals surface area contributed by atoms with Gasteiger partial charge in [-0.2, -0.15) is 0 Å². The highest BCUT2D eigenvalue weighted by Gasteiger charge is 2.03. The Balaban J connectivity index is 3.03. The molecule has 2 heteroatoms. The lowest BCUT2D eigenvalue weighted by atomic mass is 10.0. The Bertz CT molecular complexity index is 271. The molecule has 0 aliphatic carbocycles. The Morgan fingerprint density at radius 2 is 2.00 bits per heavy atom. The molecule has 1 rings (SSSR count). The summed E-state index contributed by atoms with van der Waals surface area (Å²) >= 11 is 0. The second-order valence-corrected chi connectivity index (χ2v) is 2.96. The van der Waals surface area contributed by atoms with E-state index in [-0.39, 0.29) is 0 Å². The minimum absolute atomic E-state index is 1.04. The molecule has 0 unspecified atom stereocenters. The van der Waals surface area contributed by atoms with Crippen LogP contribution in [0.2, 0.25) is 0 Å². The number of rotatable bonds is 4. The molecule has 2 nitrogen and oxygen atoms in total. The van der Waals surface area contributed by atoms with Gasteiger partial charge in [-0.05, 0) is 30.0 Å². The quantitative estimate of drug-likeness (QED) is 0.717. The fourth-order valence-corrected chi connectivity index (χ4v) is 1.59. The predicted octanol–water partition coefficient (Wildman–Crippen LogP) is 2.78. The average molecular weight is 179 g/mol. The monoisotopic (exact) mass is 179 g/mol. The van der Waals surface area contributed by atoms with E-state index in [9.17, 15) is 0 Å². The Morgan fingerprint density at radius 3 is 2.54 bits per heavy atom. The number of anilines is 1. The zero-order valence-corrected chi connectivity index (χ0v) is 8.55. The lowest BCUT2D eigenvalue weighted by Gasteiger charge is -2.12. The molecule has 1 N–H and O–H groups in total. The van der Waals surface area contributed by atoms with Gasteiger partial charge in [-0.15, -0.1) is 0 Å². The Kier molecular flexibility index (Phi) is 3.77. The normalized spacial score (nSPS) is 10.1. The van der Waals surface area contributed by atoms with Crippen molar-refractivity contribution in [2.45, 2.75) is 26.7 Å². The van der Waals surface area contributed by atoms with Crippen molar-refractivity contribution in [3.63, 3.8) is 0 Å². The fraction of sp³-hybridized carbons (Fsp3) is 0.455. The smallest absolute Gasteiger partial charge is 0.0639 e. The first-order valence-corrected chi connectivity index (χ1v) is 4.73. The highest BCUT2D eigenvalue weighted by Crippen LogP contribution is 2.20. The van der Waals surface area contributed by atoms with Crippen molar-refractivity contribution in [2.75, 3.05) is 12.6 Å². The van der Waals surface area contributed by atoms with E-state index in [2.05, 4.69) is 31.5 Å². The van der Waals surface area contributed by atoms with Gasteiger partial charge in [-0.1, -0.05) is 26.0 Å². The first-order chi connectivity index (χ1) is 6.33. The molecule has 0 amide bonds. The number of nitrogens with one attached hydrogen (secondary N) is 1. The molecule has 0 atom stereocenters. The molecule has 0 aromatic heterocycles. The van der Waals surface area contributed by atoms with Crippen LogP contribution < -0.4 is 5.48 Å². The van der Waals surface area contributed by atoms with Gasteiger partial charge in [-0.25, -0.2) is 0 Å². The molecule has 13 heavy (non-hydrogen) atoms. The second kappa shape index (κ2) is 4.87. The maximum Gasteiger partial charge on any atom is 0.0639 e. The van der Waals surface area contributed by atoms with Gasteiger partial charge in [0.05, 0.1) is 12.8 Å². The molecule has 72 valence electrons. The third kappa shape index (κ3) is 2.22. The standard InChI is InChI=1S/C11H17NO/c1-4-9-7-6-8-11(12-13-3)10(9)5-2/h6-8,12H,4-5H2,1-3H3. The van der Waals surface area contributed by atoms with Gasteiger partial charge in [0.2, 0.25) is 0 Å². The molecular weight excluding hydrogens is 162 g/mol. The minimum atomic E-state index is 1.04. The molecule has 0 heterocycles. The molecule has 0 spiro atoms. The number of hydrogen-bond acceptors (Lipinski definition) is 2. The van der Waals surface area contributed by atoms with Gasteiger partial charge in [0.25, 0.3) is 0 Å². The van der Waals surface area contributed by atoms with Gasteiger partial charge in [-0.3, -0.25) is 10.3 Å². The van der Waals surface area contributed by atoms with Crippen LogP contribution in [0.15, 0.2) is 18.2 Å². The predicted molar refractivity (Wildman–Crippen MR) is 55.8 cm³/mol. The van der Waals surface area contributed by atoms with Crippen molar-refractivity contribution in [3.05, 3.63) is 29.3 Å². The van der Waals surface area contributed by atoms with E-state index in [0.717, 1.165) is 18.5 Å². The van der Waals surface area contributed by atoms with Crippen LogP contribution in [0, 0.1) is 0 Å². The number of benzene rings is 1. The van der Waals surface area contributed by atoms with Crippen LogP contribution in [-0.2, 0) is 17.7 Å². The summed E-state index contributed by atoms with van der Waals surface area (Å²) in [4.78, 5) is 4.92. The van der Waals surface area contributed by atoms with Crippen molar-refractivity contribution in [1.29, 1.82) is 0 Å². The first kappa shape index (κ1) is 10.1. The van der Waals surface area contributed by atoms with Crippen LogP contribution in [0.25, 0.3) is 0 Å². The van der Waals surface area contributed by atoms with Crippen molar-refractivity contribution in [1.82, 2.24) is 0 Å². The SMILES string of the molecule is CCc1cccc(NOC)c1CC. The summed E-state index contributed by atoms with van der Waals surface area (Å²) in [5.74, 6) is 0. The highest BCUT2D eigenvalue weighted by atomic mass is 16.6. The van der Waals surface area contributed by atoms with Gasteiger partial charge >= 0.3 is 0 Å². The second-order valence-electron chi connectivity index (χ2n) is 2.96. The molecule has 0 radical (unpaired) electrons. The van der Waals surface area contributed by atoms with Crippen LogP contribution >= 0.6 is 0 Å². The van der Waals surface area contributed by atoms with Crippen molar-refractivity contribution in [3.8, 4) is 0 Å². The van der Waals surface area contributed by atoms with E-state index in [4.69, 9.17) is 4.84 Å².